The number of benzene rings is 1. The van der Waals surface area contributed by atoms with E-state index in [2.05, 4.69) is 0 Å². The molecule has 4 rings (SSSR count). The summed E-state index contributed by atoms with van der Waals surface area (Å²) in [4.78, 5) is 25.1. The number of fused-ring (bicyclic) bond motifs is 4. The maximum absolute atomic E-state index is 12.6. The van der Waals surface area contributed by atoms with Crippen LogP contribution < -0.4 is 0 Å². The minimum atomic E-state index is -0.496. The van der Waals surface area contributed by atoms with Gasteiger partial charge in [-0.15, -0.1) is 0 Å². The second-order valence-corrected chi connectivity index (χ2v) is 5.30. The van der Waals surface area contributed by atoms with Crippen molar-refractivity contribution >= 4 is 11.6 Å². The largest absolute Gasteiger partial charge is 0.460 e. The molecule has 1 unspecified atom stereocenters. The van der Waals surface area contributed by atoms with Crippen molar-refractivity contribution in [1.82, 2.24) is 0 Å². The number of Topliss-reactive ketones (excluding diaryl/α,β-unsaturated/α-hetero) is 2. The fourth-order valence-corrected chi connectivity index (χ4v) is 3.24. The number of rotatable bonds is 0. The van der Waals surface area contributed by atoms with Crippen molar-refractivity contribution < 1.29 is 14.0 Å². The predicted molar refractivity (Wildman–Crippen MR) is 73.1 cm³/mol. The van der Waals surface area contributed by atoms with Crippen molar-refractivity contribution in [1.29, 1.82) is 0 Å². The Morgan fingerprint density at radius 1 is 1.20 bits per heavy atom. The molecule has 1 heterocycles. The molecule has 0 spiro atoms. The lowest BCUT2D eigenvalue weighted by Crippen LogP contribution is -2.30. The Labute approximate surface area is 115 Å². The molecule has 98 valence electrons. The highest BCUT2D eigenvalue weighted by atomic mass is 16.3. The Balaban J connectivity index is 1.99. The van der Waals surface area contributed by atoms with Crippen LogP contribution in [0.4, 0.5) is 0 Å². The molecule has 1 aromatic carbocycles. The number of aryl methyl sites for hydroxylation is 1. The lowest BCUT2D eigenvalue weighted by molar-refractivity contribution is 0.0890. The summed E-state index contributed by atoms with van der Waals surface area (Å²) in [6.45, 7) is 2.03. The summed E-state index contributed by atoms with van der Waals surface area (Å²) >= 11 is 0. The van der Waals surface area contributed by atoms with E-state index >= 15 is 0 Å². The van der Waals surface area contributed by atoms with Crippen LogP contribution in [-0.4, -0.2) is 11.6 Å². The number of hydrogen-bond donors (Lipinski definition) is 0. The SMILES string of the molecule is Cc1cccc2c1CC=C1C(=O)c3ccoc3C(=O)C12. The zero-order chi connectivity index (χ0) is 13.9. The van der Waals surface area contributed by atoms with E-state index in [-0.39, 0.29) is 17.3 Å². The van der Waals surface area contributed by atoms with Gasteiger partial charge in [-0.05, 0) is 36.1 Å². The highest BCUT2D eigenvalue weighted by Gasteiger charge is 2.42. The van der Waals surface area contributed by atoms with Gasteiger partial charge < -0.3 is 4.42 Å². The highest BCUT2D eigenvalue weighted by molar-refractivity contribution is 6.24. The molecule has 3 nitrogen and oxygen atoms in total. The molecule has 20 heavy (non-hydrogen) atoms. The van der Waals surface area contributed by atoms with E-state index in [4.69, 9.17) is 4.42 Å². The quantitative estimate of drug-likeness (QED) is 0.734. The van der Waals surface area contributed by atoms with E-state index in [1.54, 1.807) is 6.07 Å². The molecule has 0 saturated heterocycles. The van der Waals surface area contributed by atoms with Crippen LogP contribution in [0.15, 0.2) is 46.6 Å². The second-order valence-electron chi connectivity index (χ2n) is 5.30. The maximum Gasteiger partial charge on any atom is 0.210 e. The molecule has 0 bridgehead atoms. The summed E-state index contributed by atoms with van der Waals surface area (Å²) in [5.41, 5.74) is 4.25. The van der Waals surface area contributed by atoms with Gasteiger partial charge in [0.2, 0.25) is 5.78 Å². The topological polar surface area (TPSA) is 47.3 Å². The zero-order valence-corrected chi connectivity index (χ0v) is 11.0. The summed E-state index contributed by atoms with van der Waals surface area (Å²) in [6.07, 6.45) is 4.02. The molecule has 0 amide bonds. The van der Waals surface area contributed by atoms with Crippen LogP contribution in [0.5, 0.6) is 0 Å². The van der Waals surface area contributed by atoms with Crippen LogP contribution in [0.3, 0.4) is 0 Å². The Morgan fingerprint density at radius 3 is 2.90 bits per heavy atom. The first-order valence-electron chi connectivity index (χ1n) is 6.63. The Hall–Kier alpha value is -2.42. The average Bonchev–Trinajstić information content (AvgIpc) is 2.94. The van der Waals surface area contributed by atoms with E-state index in [1.807, 2.05) is 31.2 Å². The number of carbonyl (C=O) groups excluding carboxylic acids is 2. The Kier molecular flexibility index (Phi) is 2.16. The van der Waals surface area contributed by atoms with Crippen molar-refractivity contribution in [2.45, 2.75) is 19.3 Å². The van der Waals surface area contributed by atoms with Crippen LogP contribution in [0, 0.1) is 6.92 Å². The van der Waals surface area contributed by atoms with Crippen LogP contribution >= 0.6 is 0 Å². The second kappa shape index (κ2) is 3.79. The van der Waals surface area contributed by atoms with Gasteiger partial charge in [-0.25, -0.2) is 0 Å². The maximum atomic E-state index is 12.6. The van der Waals surface area contributed by atoms with E-state index in [1.165, 1.54) is 6.26 Å². The minimum absolute atomic E-state index is 0.0782. The van der Waals surface area contributed by atoms with Gasteiger partial charge in [0, 0.05) is 5.57 Å². The van der Waals surface area contributed by atoms with Gasteiger partial charge in [0.15, 0.2) is 11.5 Å². The van der Waals surface area contributed by atoms with E-state index in [0.717, 1.165) is 16.7 Å². The normalized spacial score (nSPS) is 20.1. The van der Waals surface area contributed by atoms with Crippen LogP contribution in [0.1, 0.15) is 43.5 Å². The monoisotopic (exact) mass is 264 g/mol. The molecule has 2 aliphatic rings. The molecule has 0 aliphatic heterocycles. The smallest absolute Gasteiger partial charge is 0.210 e. The molecular formula is C17H12O3. The Bertz CT molecular complexity index is 792. The van der Waals surface area contributed by atoms with Crippen molar-refractivity contribution in [2.75, 3.05) is 0 Å². The standard InChI is InChI=1S/C17H12O3/c1-9-3-2-4-11-10(9)5-6-12-14(11)16(19)17-13(15(12)18)7-8-20-17/h2-4,6-8,14H,5H2,1H3. The van der Waals surface area contributed by atoms with Gasteiger partial charge in [-0.3, -0.25) is 9.59 Å². The molecule has 2 aliphatic carbocycles. The average molecular weight is 264 g/mol. The van der Waals surface area contributed by atoms with E-state index in [9.17, 15) is 9.59 Å². The summed E-state index contributed by atoms with van der Waals surface area (Å²) in [7, 11) is 0. The lowest BCUT2D eigenvalue weighted by Gasteiger charge is -2.28. The van der Waals surface area contributed by atoms with Gasteiger partial charge in [0.05, 0.1) is 17.7 Å². The molecule has 1 aromatic heterocycles. The lowest BCUT2D eigenvalue weighted by atomic mass is 9.72. The summed E-state index contributed by atoms with van der Waals surface area (Å²) in [5, 5.41) is 0. The number of hydrogen-bond acceptors (Lipinski definition) is 3. The van der Waals surface area contributed by atoms with Gasteiger partial charge in [-0.2, -0.15) is 0 Å². The molecule has 0 N–H and O–H groups in total. The first-order chi connectivity index (χ1) is 9.68. The molecule has 1 atom stereocenters. The molecular weight excluding hydrogens is 252 g/mol. The van der Waals surface area contributed by atoms with Crippen LogP contribution in [0.25, 0.3) is 0 Å². The van der Waals surface area contributed by atoms with Gasteiger partial charge >= 0.3 is 0 Å². The van der Waals surface area contributed by atoms with Crippen LogP contribution in [-0.2, 0) is 6.42 Å². The molecule has 2 aromatic rings. The zero-order valence-electron chi connectivity index (χ0n) is 11.0. The summed E-state index contributed by atoms with van der Waals surface area (Å²) < 4.78 is 5.24. The Morgan fingerprint density at radius 2 is 2.05 bits per heavy atom. The number of carbonyl (C=O) groups is 2. The number of furan rings is 1. The highest BCUT2D eigenvalue weighted by Crippen LogP contribution is 2.42. The van der Waals surface area contributed by atoms with Gasteiger partial charge in [-0.1, -0.05) is 24.3 Å². The minimum Gasteiger partial charge on any atom is -0.460 e. The van der Waals surface area contributed by atoms with Crippen molar-refractivity contribution in [2.24, 2.45) is 0 Å². The van der Waals surface area contributed by atoms with Crippen molar-refractivity contribution in [3.63, 3.8) is 0 Å². The third-order valence-corrected chi connectivity index (χ3v) is 4.25. The first kappa shape index (κ1) is 11.4. The summed E-state index contributed by atoms with van der Waals surface area (Å²) in [6, 6.07) is 7.50. The van der Waals surface area contributed by atoms with E-state index in [0.29, 0.717) is 17.6 Å². The summed E-state index contributed by atoms with van der Waals surface area (Å²) in [5.74, 6) is -0.482. The third-order valence-electron chi connectivity index (χ3n) is 4.25. The fraction of sp³-hybridized carbons (Fsp3) is 0.176. The van der Waals surface area contributed by atoms with Crippen molar-refractivity contribution in [3.05, 3.63) is 70.2 Å². The third kappa shape index (κ3) is 1.29. The molecule has 0 fully saturated rings. The molecule has 0 radical (unpaired) electrons. The van der Waals surface area contributed by atoms with E-state index < -0.39 is 5.92 Å². The first-order valence-corrected chi connectivity index (χ1v) is 6.63. The number of ketones is 2. The predicted octanol–water partition coefficient (Wildman–Crippen LogP) is 3.23. The van der Waals surface area contributed by atoms with Gasteiger partial charge in [0.1, 0.15) is 0 Å². The van der Waals surface area contributed by atoms with Gasteiger partial charge in [0.25, 0.3) is 0 Å². The molecule has 0 saturated carbocycles. The number of allylic oxidation sites excluding steroid dienone is 2. The fourth-order valence-electron chi connectivity index (χ4n) is 3.24. The molecule has 3 heteroatoms. The van der Waals surface area contributed by atoms with Crippen LogP contribution in [0.2, 0.25) is 0 Å². The van der Waals surface area contributed by atoms with Crippen molar-refractivity contribution in [3.8, 4) is 0 Å².